The van der Waals surface area contributed by atoms with E-state index in [0.29, 0.717) is 21.4 Å². The third-order valence-corrected chi connectivity index (χ3v) is 4.48. The van der Waals surface area contributed by atoms with Gasteiger partial charge in [0, 0.05) is 17.1 Å². The molecule has 0 aliphatic carbocycles. The molecule has 2 nitrogen and oxygen atoms in total. The summed E-state index contributed by atoms with van der Waals surface area (Å²) in [5.41, 5.74) is 2.54. The average Bonchev–Trinajstić information content (AvgIpc) is 2.46. The number of anilines is 1. The van der Waals surface area contributed by atoms with Crippen LogP contribution in [0, 0.1) is 25.5 Å². The maximum absolute atomic E-state index is 13.1. The third-order valence-electron chi connectivity index (χ3n) is 3.19. The Hall–Kier alpha value is -1.59. The molecule has 2 rings (SSSR count). The van der Waals surface area contributed by atoms with Gasteiger partial charge in [-0.25, -0.2) is 8.78 Å². The fraction of sp³-hybridized carbons (Fsp3) is 0.235. The molecule has 23 heavy (non-hydrogen) atoms. The van der Waals surface area contributed by atoms with E-state index in [1.807, 2.05) is 19.9 Å². The molecule has 0 aliphatic rings. The van der Waals surface area contributed by atoms with Crippen LogP contribution in [0.4, 0.5) is 14.5 Å². The fourth-order valence-electron chi connectivity index (χ4n) is 2.10. The Morgan fingerprint density at radius 1 is 1.17 bits per heavy atom. The van der Waals surface area contributed by atoms with Crippen LogP contribution >= 0.6 is 23.4 Å². The number of hydrogen-bond donors (Lipinski definition) is 1. The second-order valence-corrected chi connectivity index (χ2v) is 6.74. The van der Waals surface area contributed by atoms with E-state index in [1.54, 1.807) is 6.07 Å². The van der Waals surface area contributed by atoms with E-state index >= 15 is 0 Å². The lowest BCUT2D eigenvalue weighted by Gasteiger charge is -2.11. The van der Waals surface area contributed by atoms with Gasteiger partial charge < -0.3 is 5.32 Å². The number of rotatable bonds is 5. The molecule has 0 aliphatic heterocycles. The molecule has 0 unspecified atom stereocenters. The van der Waals surface area contributed by atoms with Crippen LogP contribution in [0.5, 0.6) is 0 Å². The van der Waals surface area contributed by atoms with Crippen LogP contribution in [0.15, 0.2) is 35.2 Å². The molecule has 1 N–H and O–H groups in total. The van der Waals surface area contributed by atoms with E-state index in [-0.39, 0.29) is 12.3 Å². The van der Waals surface area contributed by atoms with Gasteiger partial charge in [-0.1, -0.05) is 17.7 Å². The molecule has 0 saturated heterocycles. The lowest BCUT2D eigenvalue weighted by molar-refractivity contribution is -0.115. The van der Waals surface area contributed by atoms with Crippen LogP contribution in [-0.2, 0) is 4.79 Å². The molecule has 0 atom stereocenters. The molecule has 2 aromatic rings. The Morgan fingerprint density at radius 3 is 2.57 bits per heavy atom. The first-order valence-corrected chi connectivity index (χ1v) is 8.37. The lowest BCUT2D eigenvalue weighted by Crippen LogP contribution is -2.13. The minimum absolute atomic E-state index is 0.172. The zero-order valence-electron chi connectivity index (χ0n) is 12.8. The van der Waals surface area contributed by atoms with Crippen LogP contribution < -0.4 is 5.32 Å². The number of benzene rings is 2. The molecule has 0 saturated carbocycles. The summed E-state index contributed by atoms with van der Waals surface area (Å²) in [6, 6.07) is 7.42. The van der Waals surface area contributed by atoms with Crippen LogP contribution in [0.3, 0.4) is 0 Å². The van der Waals surface area contributed by atoms with Crippen molar-refractivity contribution in [2.24, 2.45) is 0 Å². The summed E-state index contributed by atoms with van der Waals surface area (Å²) in [6.45, 7) is 3.81. The van der Waals surface area contributed by atoms with E-state index in [4.69, 9.17) is 11.6 Å². The van der Waals surface area contributed by atoms with Gasteiger partial charge in [0.25, 0.3) is 0 Å². The molecule has 0 aromatic heterocycles. The first-order chi connectivity index (χ1) is 10.9. The number of nitrogens with one attached hydrogen (secondary N) is 1. The highest BCUT2D eigenvalue weighted by Crippen LogP contribution is 2.28. The van der Waals surface area contributed by atoms with Crippen LogP contribution in [0.1, 0.15) is 17.5 Å². The summed E-state index contributed by atoms with van der Waals surface area (Å²) in [4.78, 5) is 12.6. The van der Waals surface area contributed by atoms with Gasteiger partial charge in [-0.2, -0.15) is 0 Å². The highest BCUT2D eigenvalue weighted by molar-refractivity contribution is 7.99. The van der Waals surface area contributed by atoms with Gasteiger partial charge in [0.2, 0.25) is 5.91 Å². The summed E-state index contributed by atoms with van der Waals surface area (Å²) in [5.74, 6) is -1.48. The predicted molar refractivity (Wildman–Crippen MR) is 91.3 cm³/mol. The Kier molecular flexibility index (Phi) is 6.02. The van der Waals surface area contributed by atoms with Crippen molar-refractivity contribution in [3.8, 4) is 0 Å². The molecule has 0 radical (unpaired) electrons. The van der Waals surface area contributed by atoms with E-state index in [2.05, 4.69) is 5.32 Å². The number of aryl methyl sites for hydroxylation is 2. The number of hydrogen-bond acceptors (Lipinski definition) is 2. The molecule has 122 valence electrons. The maximum atomic E-state index is 13.1. The van der Waals surface area contributed by atoms with Crippen LogP contribution in [0.2, 0.25) is 5.02 Å². The monoisotopic (exact) mass is 355 g/mol. The van der Waals surface area contributed by atoms with Gasteiger partial charge >= 0.3 is 0 Å². The van der Waals surface area contributed by atoms with Gasteiger partial charge in [-0.3, -0.25) is 4.79 Å². The first kappa shape index (κ1) is 17.8. The topological polar surface area (TPSA) is 29.1 Å². The lowest BCUT2D eigenvalue weighted by atomic mass is 10.1. The Bertz CT molecular complexity index is 714. The van der Waals surface area contributed by atoms with E-state index < -0.39 is 11.6 Å². The quantitative estimate of drug-likeness (QED) is 0.732. The van der Waals surface area contributed by atoms with Crippen molar-refractivity contribution in [3.05, 3.63) is 58.1 Å². The highest BCUT2D eigenvalue weighted by atomic mass is 35.5. The largest absolute Gasteiger partial charge is 0.325 e. The normalized spacial score (nSPS) is 10.7. The molecule has 1 amide bonds. The molecule has 0 heterocycles. The maximum Gasteiger partial charge on any atom is 0.225 e. The highest BCUT2D eigenvalue weighted by Gasteiger charge is 2.10. The smallest absolute Gasteiger partial charge is 0.225 e. The van der Waals surface area contributed by atoms with Crippen LogP contribution in [-0.4, -0.2) is 11.7 Å². The number of amides is 1. The zero-order valence-corrected chi connectivity index (χ0v) is 14.3. The Labute approximate surface area is 143 Å². The Morgan fingerprint density at radius 2 is 1.91 bits per heavy atom. The molecular formula is C17H16ClF2NOS. The van der Waals surface area contributed by atoms with Crippen molar-refractivity contribution < 1.29 is 13.6 Å². The molecule has 0 bridgehead atoms. The standard InChI is InChI=1S/C17H16ClF2NOS/c1-10-7-11(2)17(13(18)8-10)21-16(22)5-6-23-12-3-4-14(19)15(20)9-12/h3-4,7-9H,5-6H2,1-2H3,(H,21,22). The van der Waals surface area contributed by atoms with E-state index in [1.165, 1.54) is 17.8 Å². The number of thioether (sulfide) groups is 1. The van der Waals surface area contributed by atoms with Crippen LogP contribution in [0.25, 0.3) is 0 Å². The predicted octanol–water partition coefficient (Wildman–Crippen LogP) is 5.36. The number of carbonyl (C=O) groups is 1. The van der Waals surface area contributed by atoms with Crippen molar-refractivity contribution >= 4 is 35.0 Å². The minimum Gasteiger partial charge on any atom is -0.325 e. The van der Waals surface area contributed by atoms with Crippen molar-refractivity contribution in [2.45, 2.75) is 25.2 Å². The summed E-state index contributed by atoms with van der Waals surface area (Å²) in [5, 5.41) is 3.30. The molecular weight excluding hydrogens is 340 g/mol. The molecule has 2 aromatic carbocycles. The van der Waals surface area contributed by atoms with E-state index in [9.17, 15) is 13.6 Å². The second-order valence-electron chi connectivity index (χ2n) is 5.16. The number of carbonyl (C=O) groups excluding carboxylic acids is 1. The summed E-state index contributed by atoms with van der Waals surface area (Å²) in [6.07, 6.45) is 0.243. The van der Waals surface area contributed by atoms with Gasteiger partial charge in [0.1, 0.15) is 0 Å². The van der Waals surface area contributed by atoms with Gasteiger partial charge in [-0.15, -0.1) is 11.8 Å². The SMILES string of the molecule is Cc1cc(C)c(NC(=O)CCSc2ccc(F)c(F)c2)c(Cl)c1. The van der Waals surface area contributed by atoms with Gasteiger partial charge in [-0.05, 0) is 49.2 Å². The van der Waals surface area contributed by atoms with E-state index in [0.717, 1.165) is 23.3 Å². The molecule has 0 fully saturated rings. The summed E-state index contributed by atoms with van der Waals surface area (Å²) < 4.78 is 25.9. The molecule has 0 spiro atoms. The third kappa shape index (κ3) is 4.94. The van der Waals surface area contributed by atoms with Crippen molar-refractivity contribution in [1.29, 1.82) is 0 Å². The number of halogens is 3. The minimum atomic E-state index is -0.887. The van der Waals surface area contributed by atoms with Crippen molar-refractivity contribution in [3.63, 3.8) is 0 Å². The first-order valence-electron chi connectivity index (χ1n) is 7.01. The fourth-order valence-corrected chi connectivity index (χ4v) is 3.35. The second kappa shape index (κ2) is 7.79. The van der Waals surface area contributed by atoms with Crippen molar-refractivity contribution in [1.82, 2.24) is 0 Å². The van der Waals surface area contributed by atoms with Crippen molar-refractivity contribution in [2.75, 3.05) is 11.1 Å². The average molecular weight is 356 g/mol. The molecule has 6 heteroatoms. The Balaban J connectivity index is 1.89. The summed E-state index contributed by atoms with van der Waals surface area (Å²) >= 11 is 7.44. The zero-order chi connectivity index (χ0) is 17.0. The van der Waals surface area contributed by atoms with Gasteiger partial charge in [0.15, 0.2) is 11.6 Å². The van der Waals surface area contributed by atoms with Gasteiger partial charge in [0.05, 0.1) is 10.7 Å². The summed E-state index contributed by atoms with van der Waals surface area (Å²) in [7, 11) is 0.